The lowest BCUT2D eigenvalue weighted by atomic mass is 10.1. The molecule has 0 spiro atoms. The Morgan fingerprint density at radius 2 is 1.82 bits per heavy atom. The zero-order valence-corrected chi connectivity index (χ0v) is 18.4. The first-order chi connectivity index (χ1) is 16.1. The lowest BCUT2D eigenvalue weighted by Gasteiger charge is -2.32. The SMILES string of the molecule is O=C(O)c1cccc(NC(=O)N2CCC(Oc3ccc(OCC4=CC=CCC4)cc3)CC2)c1. The molecule has 4 rings (SSSR count). The number of ether oxygens (including phenoxy) is 2. The number of amides is 2. The van der Waals surface area contributed by atoms with Crippen LogP contribution in [0, 0.1) is 0 Å². The van der Waals surface area contributed by atoms with Crippen molar-refractivity contribution in [3.63, 3.8) is 0 Å². The highest BCUT2D eigenvalue weighted by atomic mass is 16.5. The lowest BCUT2D eigenvalue weighted by Crippen LogP contribution is -2.43. The normalized spacial score (nSPS) is 16.1. The highest BCUT2D eigenvalue weighted by molar-refractivity contribution is 5.93. The first kappa shape index (κ1) is 22.5. The van der Waals surface area contributed by atoms with Gasteiger partial charge < -0.3 is 24.8 Å². The van der Waals surface area contributed by atoms with Crippen LogP contribution in [0.3, 0.4) is 0 Å². The second-order valence-corrected chi connectivity index (χ2v) is 8.17. The van der Waals surface area contributed by atoms with E-state index in [0.717, 1.165) is 37.2 Å². The smallest absolute Gasteiger partial charge is 0.335 e. The Morgan fingerprint density at radius 3 is 2.52 bits per heavy atom. The number of aromatic carboxylic acids is 1. The molecule has 1 aliphatic carbocycles. The van der Waals surface area contributed by atoms with E-state index in [-0.39, 0.29) is 17.7 Å². The van der Waals surface area contributed by atoms with Crippen molar-refractivity contribution in [1.29, 1.82) is 0 Å². The first-order valence-electron chi connectivity index (χ1n) is 11.2. The molecule has 1 aliphatic heterocycles. The Balaban J connectivity index is 1.21. The number of carboxylic acids is 1. The molecule has 2 aromatic rings. The molecule has 2 N–H and O–H groups in total. The van der Waals surface area contributed by atoms with Crippen molar-refractivity contribution in [1.82, 2.24) is 4.90 Å². The summed E-state index contributed by atoms with van der Waals surface area (Å²) in [6.07, 6.45) is 9.95. The molecule has 2 aromatic carbocycles. The summed E-state index contributed by atoms with van der Waals surface area (Å²) in [5.74, 6) is 0.578. The van der Waals surface area contributed by atoms with E-state index in [9.17, 15) is 9.59 Å². The van der Waals surface area contributed by atoms with Gasteiger partial charge in [0, 0.05) is 31.6 Å². The third-order valence-electron chi connectivity index (χ3n) is 5.74. The molecule has 33 heavy (non-hydrogen) atoms. The van der Waals surface area contributed by atoms with Crippen LogP contribution in [0.4, 0.5) is 10.5 Å². The van der Waals surface area contributed by atoms with E-state index in [2.05, 4.69) is 23.5 Å². The monoisotopic (exact) mass is 448 g/mol. The van der Waals surface area contributed by atoms with Crippen LogP contribution in [-0.4, -0.2) is 47.8 Å². The van der Waals surface area contributed by atoms with Crippen LogP contribution in [0.5, 0.6) is 11.5 Å². The second kappa shape index (κ2) is 10.7. The fourth-order valence-corrected chi connectivity index (χ4v) is 3.86. The van der Waals surface area contributed by atoms with Crippen molar-refractivity contribution in [2.75, 3.05) is 25.0 Å². The average Bonchev–Trinajstić information content (AvgIpc) is 2.85. The van der Waals surface area contributed by atoms with Gasteiger partial charge in [0.15, 0.2) is 0 Å². The minimum atomic E-state index is -1.03. The van der Waals surface area contributed by atoms with Crippen molar-refractivity contribution in [3.05, 3.63) is 77.9 Å². The van der Waals surface area contributed by atoms with Crippen molar-refractivity contribution >= 4 is 17.7 Å². The number of carbonyl (C=O) groups is 2. The number of rotatable bonds is 7. The molecule has 1 heterocycles. The number of urea groups is 1. The van der Waals surface area contributed by atoms with Crippen molar-refractivity contribution in [2.24, 2.45) is 0 Å². The zero-order valence-electron chi connectivity index (χ0n) is 18.4. The summed E-state index contributed by atoms with van der Waals surface area (Å²) >= 11 is 0. The van der Waals surface area contributed by atoms with Crippen LogP contribution >= 0.6 is 0 Å². The maximum Gasteiger partial charge on any atom is 0.335 e. The number of hydrogen-bond acceptors (Lipinski definition) is 4. The van der Waals surface area contributed by atoms with Crippen LogP contribution in [0.25, 0.3) is 0 Å². The van der Waals surface area contributed by atoms with E-state index in [1.165, 1.54) is 17.7 Å². The molecule has 0 atom stereocenters. The Morgan fingerprint density at radius 1 is 1.06 bits per heavy atom. The van der Waals surface area contributed by atoms with E-state index in [1.807, 2.05) is 24.3 Å². The highest BCUT2D eigenvalue weighted by Crippen LogP contribution is 2.23. The second-order valence-electron chi connectivity index (χ2n) is 8.17. The third kappa shape index (κ3) is 6.38. The number of carbonyl (C=O) groups excluding carboxylic acids is 1. The Hall–Kier alpha value is -3.74. The Kier molecular flexibility index (Phi) is 7.29. The van der Waals surface area contributed by atoms with E-state index >= 15 is 0 Å². The van der Waals surface area contributed by atoms with Gasteiger partial charge in [-0.15, -0.1) is 0 Å². The largest absolute Gasteiger partial charge is 0.490 e. The predicted molar refractivity (Wildman–Crippen MR) is 126 cm³/mol. The van der Waals surface area contributed by atoms with Crippen LogP contribution in [0.1, 0.15) is 36.0 Å². The van der Waals surface area contributed by atoms with Crippen molar-refractivity contribution in [2.45, 2.75) is 31.8 Å². The third-order valence-corrected chi connectivity index (χ3v) is 5.74. The number of benzene rings is 2. The van der Waals surface area contributed by atoms with Gasteiger partial charge in [0.2, 0.25) is 0 Å². The molecule has 1 saturated heterocycles. The molecule has 0 radical (unpaired) electrons. The minimum Gasteiger partial charge on any atom is -0.490 e. The van der Waals surface area contributed by atoms with Gasteiger partial charge in [0.25, 0.3) is 0 Å². The number of likely N-dealkylation sites (tertiary alicyclic amines) is 1. The van der Waals surface area contributed by atoms with E-state index in [4.69, 9.17) is 14.6 Å². The maximum atomic E-state index is 12.5. The molecule has 172 valence electrons. The number of anilines is 1. The number of nitrogens with zero attached hydrogens (tertiary/aromatic N) is 1. The molecule has 0 bridgehead atoms. The standard InChI is InChI=1S/C26H28N2O5/c29-25(30)20-7-4-8-21(17-20)27-26(31)28-15-13-24(14-16-28)33-23-11-9-22(10-12-23)32-18-19-5-2-1-3-6-19/h1-2,4-5,7-12,17,24H,3,6,13-16,18H2,(H,27,31)(H,29,30). The van der Waals surface area contributed by atoms with Gasteiger partial charge in [-0.1, -0.05) is 24.3 Å². The fourth-order valence-electron chi connectivity index (χ4n) is 3.86. The number of nitrogens with one attached hydrogen (secondary N) is 1. The van der Waals surface area contributed by atoms with E-state index < -0.39 is 5.97 Å². The van der Waals surface area contributed by atoms with Gasteiger partial charge in [0.05, 0.1) is 5.56 Å². The minimum absolute atomic E-state index is 0.0374. The topological polar surface area (TPSA) is 88.1 Å². The molecule has 1 fully saturated rings. The van der Waals surface area contributed by atoms with Gasteiger partial charge in [0.1, 0.15) is 24.2 Å². The zero-order chi connectivity index (χ0) is 23.0. The van der Waals surface area contributed by atoms with Crippen molar-refractivity contribution in [3.8, 4) is 11.5 Å². The summed E-state index contributed by atoms with van der Waals surface area (Å²) in [5, 5.41) is 11.9. The molecule has 7 heteroatoms. The lowest BCUT2D eigenvalue weighted by molar-refractivity contribution is 0.0696. The number of hydrogen-bond donors (Lipinski definition) is 2. The maximum absolute atomic E-state index is 12.5. The summed E-state index contributed by atoms with van der Waals surface area (Å²) in [4.78, 5) is 25.3. The molecular weight excluding hydrogens is 420 g/mol. The number of piperidine rings is 1. The van der Waals surface area contributed by atoms with Gasteiger partial charge in [-0.3, -0.25) is 0 Å². The van der Waals surface area contributed by atoms with Gasteiger partial charge in [-0.2, -0.15) is 0 Å². The quantitative estimate of drug-likeness (QED) is 0.614. The molecule has 2 amide bonds. The van der Waals surface area contributed by atoms with Crippen LogP contribution in [0.2, 0.25) is 0 Å². The fraction of sp³-hybridized carbons (Fsp3) is 0.308. The van der Waals surface area contributed by atoms with Crippen molar-refractivity contribution < 1.29 is 24.2 Å². The van der Waals surface area contributed by atoms with E-state index in [0.29, 0.717) is 25.4 Å². The summed E-state index contributed by atoms with van der Waals surface area (Å²) in [5.41, 5.74) is 1.90. The van der Waals surface area contributed by atoms with Crippen LogP contribution in [-0.2, 0) is 0 Å². The van der Waals surface area contributed by atoms with E-state index in [1.54, 1.807) is 17.0 Å². The average molecular weight is 449 g/mol. The summed E-state index contributed by atoms with van der Waals surface area (Å²) in [7, 11) is 0. The Bertz CT molecular complexity index is 1040. The molecule has 0 unspecified atom stereocenters. The first-order valence-corrected chi connectivity index (χ1v) is 11.2. The number of carboxylic acid groups (broad SMARTS) is 1. The van der Waals surface area contributed by atoms with Crippen LogP contribution < -0.4 is 14.8 Å². The van der Waals surface area contributed by atoms with Gasteiger partial charge in [-0.25, -0.2) is 9.59 Å². The summed E-state index contributed by atoms with van der Waals surface area (Å²) in [6, 6.07) is 13.7. The number of allylic oxidation sites excluding steroid dienone is 3. The molecule has 2 aliphatic rings. The van der Waals surface area contributed by atoms with Gasteiger partial charge in [-0.05, 0) is 60.9 Å². The highest BCUT2D eigenvalue weighted by Gasteiger charge is 2.24. The van der Waals surface area contributed by atoms with Crippen LogP contribution in [0.15, 0.2) is 72.3 Å². The predicted octanol–water partition coefficient (Wildman–Crippen LogP) is 5.12. The molecule has 0 saturated carbocycles. The summed E-state index contributed by atoms with van der Waals surface area (Å²) < 4.78 is 12.0. The molecular formula is C26H28N2O5. The molecule has 0 aromatic heterocycles. The van der Waals surface area contributed by atoms with Gasteiger partial charge >= 0.3 is 12.0 Å². The Labute approximate surface area is 193 Å². The molecule has 7 nitrogen and oxygen atoms in total. The summed E-state index contributed by atoms with van der Waals surface area (Å²) in [6.45, 7) is 1.74.